The van der Waals surface area contributed by atoms with Crippen molar-refractivity contribution in [1.82, 2.24) is 4.90 Å². The molecule has 8 nitrogen and oxygen atoms in total. The number of ether oxygens (including phenoxy) is 2. The number of likely N-dealkylation sites (N-methyl/N-ethyl adjacent to an activating group) is 1. The van der Waals surface area contributed by atoms with E-state index in [4.69, 9.17) is 14.3 Å². The van der Waals surface area contributed by atoms with Crippen LogP contribution in [-0.2, 0) is 26.2 Å². The topological polar surface area (TPSA) is 117 Å². The van der Waals surface area contributed by atoms with Gasteiger partial charge in [-0.15, -0.1) is 0 Å². The molecular weight excluding hydrogens is 447 g/mol. The number of piperidine rings is 1. The van der Waals surface area contributed by atoms with Crippen LogP contribution in [0.1, 0.15) is 30.9 Å². The molecule has 5 rings (SSSR count). The van der Waals surface area contributed by atoms with Gasteiger partial charge >= 0.3 is 12.1 Å². The Hall–Kier alpha value is -2.63. The Labute approximate surface area is 187 Å². The molecule has 2 heterocycles. The first-order valence-electron chi connectivity index (χ1n) is 10.4. The molecule has 2 aliphatic carbocycles. The SMILES string of the molecule is C[C@H](O)C(=O)OC1=CC[C@@]2(O)[C@H]3Cc4ccc(O)c5c4[C@@]2(CCN3C)[C@H]1O5.O=CC(F)(F)F. The number of carbonyl (C=O) groups is 2. The molecule has 0 saturated carbocycles. The van der Waals surface area contributed by atoms with Crippen molar-refractivity contribution in [3.05, 3.63) is 35.1 Å². The Morgan fingerprint density at radius 1 is 1.39 bits per heavy atom. The number of aliphatic hydroxyl groups is 2. The van der Waals surface area contributed by atoms with Gasteiger partial charge in [0.15, 0.2) is 17.6 Å². The molecular formula is C22H24F3NO7. The van der Waals surface area contributed by atoms with Crippen molar-refractivity contribution in [3.8, 4) is 11.5 Å². The van der Waals surface area contributed by atoms with Gasteiger partial charge < -0.3 is 29.7 Å². The Morgan fingerprint density at radius 2 is 2.06 bits per heavy atom. The average Bonchev–Trinajstić information content (AvgIpc) is 3.10. The molecule has 5 atom stereocenters. The van der Waals surface area contributed by atoms with Crippen molar-refractivity contribution in [3.63, 3.8) is 0 Å². The van der Waals surface area contributed by atoms with Crippen molar-refractivity contribution in [2.24, 2.45) is 0 Å². The third-order valence-electron chi connectivity index (χ3n) is 7.05. The molecule has 3 N–H and O–H groups in total. The average molecular weight is 471 g/mol. The third-order valence-corrected chi connectivity index (χ3v) is 7.05. The molecule has 2 bridgehead atoms. The number of benzene rings is 1. The fraction of sp³-hybridized carbons (Fsp3) is 0.545. The van der Waals surface area contributed by atoms with Crippen LogP contribution in [0, 0.1) is 0 Å². The normalized spacial score (nSPS) is 32.4. The number of aliphatic hydroxyl groups excluding tert-OH is 1. The number of phenols is 1. The number of halogens is 3. The van der Waals surface area contributed by atoms with Crippen molar-refractivity contribution < 1.29 is 47.6 Å². The third kappa shape index (κ3) is 3.41. The first-order chi connectivity index (χ1) is 15.4. The summed E-state index contributed by atoms with van der Waals surface area (Å²) < 4.78 is 42.8. The van der Waals surface area contributed by atoms with Crippen molar-refractivity contribution in [1.29, 1.82) is 0 Å². The summed E-state index contributed by atoms with van der Waals surface area (Å²) in [6.07, 6.45) is -4.36. The van der Waals surface area contributed by atoms with Crippen LogP contribution in [-0.4, -0.2) is 76.1 Å². The summed E-state index contributed by atoms with van der Waals surface area (Å²) in [7, 11) is 2.01. The highest BCUT2D eigenvalue weighted by Crippen LogP contribution is 2.65. The van der Waals surface area contributed by atoms with Gasteiger partial charge in [-0.05, 0) is 51.1 Å². The zero-order valence-corrected chi connectivity index (χ0v) is 17.9. The van der Waals surface area contributed by atoms with Crippen molar-refractivity contribution in [2.75, 3.05) is 13.6 Å². The van der Waals surface area contributed by atoms with Crippen LogP contribution in [0.5, 0.6) is 11.5 Å². The summed E-state index contributed by atoms with van der Waals surface area (Å²) in [5.41, 5.74) is 0.0273. The zero-order valence-electron chi connectivity index (χ0n) is 17.9. The maximum atomic E-state index is 12.0. The van der Waals surface area contributed by atoms with Crippen LogP contribution < -0.4 is 4.74 Å². The fourth-order valence-electron chi connectivity index (χ4n) is 5.64. The van der Waals surface area contributed by atoms with Gasteiger partial charge in [0, 0.05) is 18.0 Å². The summed E-state index contributed by atoms with van der Waals surface area (Å²) in [6, 6.07) is 3.42. The summed E-state index contributed by atoms with van der Waals surface area (Å²) in [6.45, 7) is 2.11. The molecule has 1 fully saturated rings. The number of aldehydes is 1. The van der Waals surface area contributed by atoms with E-state index >= 15 is 0 Å². The molecule has 1 aromatic rings. The smallest absolute Gasteiger partial charge is 0.446 e. The van der Waals surface area contributed by atoms with E-state index in [0.717, 1.165) is 17.7 Å². The zero-order chi connectivity index (χ0) is 24.3. The van der Waals surface area contributed by atoms with E-state index < -0.39 is 41.7 Å². The number of phenolic OH excluding ortho intramolecular Hbond substituents is 1. The van der Waals surface area contributed by atoms with Crippen LogP contribution in [0.15, 0.2) is 24.0 Å². The summed E-state index contributed by atoms with van der Waals surface area (Å²) in [5, 5.41) is 31.8. The van der Waals surface area contributed by atoms with E-state index in [1.165, 1.54) is 6.92 Å². The van der Waals surface area contributed by atoms with Gasteiger partial charge in [-0.2, -0.15) is 13.2 Å². The van der Waals surface area contributed by atoms with Crippen molar-refractivity contribution in [2.45, 2.75) is 61.6 Å². The number of likely N-dealkylation sites (tertiary alicyclic amines) is 1. The first-order valence-corrected chi connectivity index (χ1v) is 10.4. The molecule has 0 amide bonds. The number of hydrogen-bond acceptors (Lipinski definition) is 8. The number of esters is 1. The minimum Gasteiger partial charge on any atom is -0.504 e. The molecule has 1 aromatic carbocycles. The van der Waals surface area contributed by atoms with Gasteiger partial charge in [0.2, 0.25) is 6.29 Å². The lowest BCUT2D eigenvalue weighted by Crippen LogP contribution is -2.74. The van der Waals surface area contributed by atoms with Gasteiger partial charge in [-0.25, -0.2) is 4.79 Å². The number of hydrogen-bond donors (Lipinski definition) is 3. The number of nitrogens with zero attached hydrogens (tertiary/aromatic N) is 1. The van der Waals surface area contributed by atoms with Gasteiger partial charge in [0.1, 0.15) is 11.9 Å². The molecule has 0 unspecified atom stereocenters. The summed E-state index contributed by atoms with van der Waals surface area (Å²) >= 11 is 0. The lowest BCUT2D eigenvalue weighted by Gasteiger charge is -2.61. The van der Waals surface area contributed by atoms with Crippen LogP contribution >= 0.6 is 0 Å². The molecule has 11 heteroatoms. The van der Waals surface area contributed by atoms with Crippen LogP contribution in [0.25, 0.3) is 0 Å². The lowest BCUT2D eigenvalue weighted by atomic mass is 9.50. The fourth-order valence-corrected chi connectivity index (χ4v) is 5.64. The van der Waals surface area contributed by atoms with E-state index in [1.807, 2.05) is 13.1 Å². The van der Waals surface area contributed by atoms with Gasteiger partial charge in [0.05, 0.1) is 11.0 Å². The monoisotopic (exact) mass is 471 g/mol. The molecule has 33 heavy (non-hydrogen) atoms. The van der Waals surface area contributed by atoms with Gasteiger partial charge in [-0.3, -0.25) is 4.79 Å². The van der Waals surface area contributed by atoms with Gasteiger partial charge in [0.25, 0.3) is 0 Å². The number of alkyl halides is 3. The molecule has 0 aromatic heterocycles. The van der Waals surface area contributed by atoms with Gasteiger partial charge in [-0.1, -0.05) is 6.07 Å². The predicted octanol–water partition coefficient (Wildman–Crippen LogP) is 1.34. The Balaban J connectivity index is 0.000000385. The van der Waals surface area contributed by atoms with Crippen molar-refractivity contribution >= 4 is 12.3 Å². The first kappa shape index (κ1) is 23.5. The molecule has 0 radical (unpaired) electrons. The maximum Gasteiger partial charge on any atom is 0.446 e. The highest BCUT2D eigenvalue weighted by molar-refractivity contribution is 5.75. The minimum atomic E-state index is -4.64. The lowest BCUT2D eigenvalue weighted by molar-refractivity contribution is -0.171. The molecule has 4 aliphatic rings. The van der Waals surface area contributed by atoms with Crippen LogP contribution in [0.4, 0.5) is 13.2 Å². The quantitative estimate of drug-likeness (QED) is 0.437. The minimum absolute atomic E-state index is 0.0263. The second-order valence-corrected chi connectivity index (χ2v) is 8.86. The second-order valence-electron chi connectivity index (χ2n) is 8.86. The summed E-state index contributed by atoms with van der Waals surface area (Å²) in [4.78, 5) is 22.9. The van der Waals surface area contributed by atoms with E-state index in [0.29, 0.717) is 30.8 Å². The molecule has 180 valence electrons. The Morgan fingerprint density at radius 3 is 2.67 bits per heavy atom. The van der Waals surface area contributed by atoms with E-state index in [9.17, 15) is 33.3 Å². The van der Waals surface area contributed by atoms with E-state index in [1.54, 1.807) is 12.1 Å². The van der Waals surface area contributed by atoms with E-state index in [2.05, 4.69) is 4.90 Å². The predicted molar refractivity (Wildman–Crippen MR) is 106 cm³/mol. The van der Waals surface area contributed by atoms with Crippen LogP contribution in [0.2, 0.25) is 0 Å². The number of aromatic hydroxyl groups is 1. The second kappa shape index (κ2) is 7.71. The molecule has 1 spiro atoms. The number of rotatable bonds is 2. The largest absolute Gasteiger partial charge is 0.504 e. The summed E-state index contributed by atoms with van der Waals surface area (Å²) in [5.74, 6) is -0.0528. The number of carbonyl (C=O) groups excluding carboxylic acids is 2. The highest BCUT2D eigenvalue weighted by atomic mass is 19.4. The maximum absolute atomic E-state index is 12.0. The standard InChI is InChI=1S/C20H23NO6.C2HF3O/c1-10(22)18(24)26-13-5-6-20(25)14-9-11-3-4-12(23)16-15(11)19(20,17(13)27-16)7-8-21(14)2;3-2(4,5)1-6/h3-5,10,14,17,22-23,25H,6-9H2,1-2H3;1H/t10-,14+,17-,19-,20+;/m0./s1. The highest BCUT2D eigenvalue weighted by Gasteiger charge is 2.72. The van der Waals surface area contributed by atoms with E-state index in [-0.39, 0.29) is 11.8 Å². The Kier molecular flexibility index (Phi) is 5.50. The van der Waals surface area contributed by atoms with Crippen LogP contribution in [0.3, 0.4) is 0 Å². The Bertz CT molecular complexity index is 1020. The molecule has 2 aliphatic heterocycles. The molecule has 1 saturated heterocycles.